The Morgan fingerprint density at radius 1 is 1.00 bits per heavy atom. The number of amides is 1. The number of carbonyl (C=O) groups excluding carboxylic acids is 2. The Hall–Kier alpha value is -4.26. The summed E-state index contributed by atoms with van der Waals surface area (Å²) in [6.45, 7) is 2.67. The third-order valence-corrected chi connectivity index (χ3v) is 5.84. The van der Waals surface area contributed by atoms with Crippen LogP contribution in [0.2, 0.25) is 0 Å². The molecule has 0 saturated carbocycles. The summed E-state index contributed by atoms with van der Waals surface area (Å²) in [6.07, 6.45) is 0.823. The second-order valence-corrected chi connectivity index (χ2v) is 8.22. The van der Waals surface area contributed by atoms with E-state index < -0.39 is 17.7 Å². The number of likely N-dealkylation sites (tertiary alicyclic amines) is 1. The van der Waals surface area contributed by atoms with Gasteiger partial charge in [0, 0.05) is 12.1 Å². The largest absolute Gasteiger partial charge is 0.507 e. The lowest BCUT2D eigenvalue weighted by atomic mass is 9.94. The molecule has 1 unspecified atom stereocenters. The molecule has 0 spiro atoms. The number of hydrogen-bond acceptors (Lipinski definition) is 6. The molecule has 7 nitrogen and oxygen atoms in total. The van der Waals surface area contributed by atoms with Crippen LogP contribution in [0.3, 0.4) is 0 Å². The number of Topliss-reactive ketones (excluding diaryl/α,β-unsaturated/α-hetero) is 1. The number of ether oxygens (including phenoxy) is 2. The molecule has 0 bridgehead atoms. The summed E-state index contributed by atoms with van der Waals surface area (Å²) in [4.78, 5) is 27.9. The van der Waals surface area contributed by atoms with Crippen molar-refractivity contribution in [2.75, 3.05) is 13.7 Å². The zero-order valence-electron chi connectivity index (χ0n) is 19.6. The number of aliphatic hydroxyl groups is 1. The van der Waals surface area contributed by atoms with Gasteiger partial charge in [-0.1, -0.05) is 55.5 Å². The maximum absolute atomic E-state index is 13.3. The van der Waals surface area contributed by atoms with Crippen LogP contribution in [0.5, 0.6) is 17.2 Å². The number of rotatable bonds is 8. The van der Waals surface area contributed by atoms with E-state index in [9.17, 15) is 19.8 Å². The number of benzene rings is 3. The maximum atomic E-state index is 13.3. The van der Waals surface area contributed by atoms with Gasteiger partial charge < -0.3 is 24.6 Å². The molecule has 0 aromatic heterocycles. The van der Waals surface area contributed by atoms with Crippen molar-refractivity contribution in [3.05, 3.63) is 95.1 Å². The molecule has 1 heterocycles. The number of phenols is 1. The SMILES string of the molecule is CCCOc1cccc(C(O)=C2C(=O)C(=O)N(Cc3ccccc3)C2c2ccc(O)c(OC)c2)c1. The molecule has 1 saturated heterocycles. The van der Waals surface area contributed by atoms with E-state index in [0.717, 1.165) is 12.0 Å². The lowest BCUT2D eigenvalue weighted by Gasteiger charge is -2.26. The van der Waals surface area contributed by atoms with E-state index in [2.05, 4.69) is 0 Å². The molecule has 1 amide bonds. The summed E-state index contributed by atoms with van der Waals surface area (Å²) in [5.41, 5.74) is 1.69. The molecule has 3 aromatic carbocycles. The second kappa shape index (κ2) is 10.3. The highest BCUT2D eigenvalue weighted by atomic mass is 16.5. The van der Waals surface area contributed by atoms with Crippen LogP contribution < -0.4 is 9.47 Å². The van der Waals surface area contributed by atoms with Crippen LogP contribution in [0.4, 0.5) is 0 Å². The van der Waals surface area contributed by atoms with Crippen LogP contribution >= 0.6 is 0 Å². The van der Waals surface area contributed by atoms with Crippen molar-refractivity contribution in [3.8, 4) is 17.2 Å². The first-order valence-electron chi connectivity index (χ1n) is 11.4. The summed E-state index contributed by atoms with van der Waals surface area (Å²) in [7, 11) is 1.42. The van der Waals surface area contributed by atoms with Crippen molar-refractivity contribution in [2.24, 2.45) is 0 Å². The average Bonchev–Trinajstić information content (AvgIpc) is 3.13. The predicted octanol–water partition coefficient (Wildman–Crippen LogP) is 4.81. The maximum Gasteiger partial charge on any atom is 0.295 e. The summed E-state index contributed by atoms with van der Waals surface area (Å²) in [5, 5.41) is 21.4. The standard InChI is InChI=1S/C28H27NO6/c1-3-14-35-21-11-7-10-20(15-21)26(31)24-25(19-12-13-22(30)23(16-19)34-2)29(28(33)27(24)32)17-18-8-5-4-6-9-18/h4-13,15-16,25,30-31H,3,14,17H2,1-2H3. The van der Waals surface area contributed by atoms with E-state index in [1.807, 2.05) is 37.3 Å². The minimum atomic E-state index is -0.884. The van der Waals surface area contributed by atoms with Gasteiger partial charge in [-0.3, -0.25) is 9.59 Å². The van der Waals surface area contributed by atoms with Gasteiger partial charge in [0.05, 0.1) is 25.3 Å². The highest BCUT2D eigenvalue weighted by Crippen LogP contribution is 2.42. The fraction of sp³-hybridized carbons (Fsp3) is 0.214. The number of hydrogen-bond donors (Lipinski definition) is 2. The van der Waals surface area contributed by atoms with Crippen LogP contribution in [0.1, 0.15) is 36.1 Å². The first-order valence-corrected chi connectivity index (χ1v) is 11.4. The molecule has 1 atom stereocenters. The molecule has 1 aliphatic heterocycles. The molecule has 2 N–H and O–H groups in total. The molecule has 0 aliphatic carbocycles. The third kappa shape index (κ3) is 4.84. The van der Waals surface area contributed by atoms with E-state index in [0.29, 0.717) is 23.5 Å². The summed E-state index contributed by atoms with van der Waals surface area (Å²) >= 11 is 0. The Kier molecular flexibility index (Phi) is 7.06. The van der Waals surface area contributed by atoms with Gasteiger partial charge in [0.15, 0.2) is 11.5 Å². The van der Waals surface area contributed by atoms with E-state index in [4.69, 9.17) is 9.47 Å². The molecule has 1 aliphatic rings. The Balaban J connectivity index is 1.85. The molecule has 4 rings (SSSR count). The molecule has 7 heteroatoms. The Bertz CT molecular complexity index is 1270. The van der Waals surface area contributed by atoms with Crippen molar-refractivity contribution < 1.29 is 29.3 Å². The molecule has 180 valence electrons. The molecule has 3 aromatic rings. The van der Waals surface area contributed by atoms with Gasteiger partial charge in [-0.2, -0.15) is 0 Å². The first-order chi connectivity index (χ1) is 16.9. The molecule has 0 radical (unpaired) electrons. The van der Waals surface area contributed by atoms with Crippen molar-refractivity contribution in [2.45, 2.75) is 25.9 Å². The second-order valence-electron chi connectivity index (χ2n) is 8.22. The van der Waals surface area contributed by atoms with Crippen LogP contribution in [-0.2, 0) is 16.1 Å². The Morgan fingerprint density at radius 3 is 2.49 bits per heavy atom. The van der Waals surface area contributed by atoms with Gasteiger partial charge in [0.25, 0.3) is 11.7 Å². The molecular formula is C28H27NO6. The number of phenolic OH excluding ortho intramolecular Hbond substituents is 1. The quantitative estimate of drug-likeness (QED) is 0.277. The van der Waals surface area contributed by atoms with Gasteiger partial charge >= 0.3 is 0 Å². The van der Waals surface area contributed by atoms with Crippen LogP contribution in [0, 0.1) is 0 Å². The number of methoxy groups -OCH3 is 1. The normalized spacial score (nSPS) is 17.0. The van der Waals surface area contributed by atoms with Gasteiger partial charge in [0.2, 0.25) is 0 Å². The minimum Gasteiger partial charge on any atom is -0.507 e. The Labute approximate surface area is 203 Å². The number of ketones is 1. The van der Waals surface area contributed by atoms with E-state index in [1.165, 1.54) is 18.1 Å². The first kappa shape index (κ1) is 23.9. The number of aromatic hydroxyl groups is 1. The van der Waals surface area contributed by atoms with Crippen molar-refractivity contribution in [1.82, 2.24) is 4.90 Å². The van der Waals surface area contributed by atoms with Gasteiger partial charge in [-0.25, -0.2) is 0 Å². The zero-order valence-corrected chi connectivity index (χ0v) is 19.6. The average molecular weight is 474 g/mol. The highest BCUT2D eigenvalue weighted by Gasteiger charge is 2.46. The van der Waals surface area contributed by atoms with Crippen molar-refractivity contribution in [1.29, 1.82) is 0 Å². The van der Waals surface area contributed by atoms with Gasteiger partial charge in [-0.15, -0.1) is 0 Å². The zero-order chi connectivity index (χ0) is 24.9. The highest BCUT2D eigenvalue weighted by molar-refractivity contribution is 6.46. The lowest BCUT2D eigenvalue weighted by molar-refractivity contribution is -0.140. The molecule has 1 fully saturated rings. The topological polar surface area (TPSA) is 96.3 Å². The van der Waals surface area contributed by atoms with Crippen molar-refractivity contribution in [3.63, 3.8) is 0 Å². The third-order valence-electron chi connectivity index (χ3n) is 5.84. The van der Waals surface area contributed by atoms with Crippen LogP contribution in [0.15, 0.2) is 78.4 Å². The van der Waals surface area contributed by atoms with Crippen LogP contribution in [-0.4, -0.2) is 40.5 Å². The summed E-state index contributed by atoms with van der Waals surface area (Å²) < 4.78 is 10.9. The lowest BCUT2D eigenvalue weighted by Crippen LogP contribution is -2.29. The summed E-state index contributed by atoms with van der Waals surface area (Å²) in [6, 6.07) is 19.8. The monoisotopic (exact) mass is 473 g/mol. The van der Waals surface area contributed by atoms with E-state index >= 15 is 0 Å². The van der Waals surface area contributed by atoms with Crippen LogP contribution in [0.25, 0.3) is 5.76 Å². The number of nitrogens with zero attached hydrogens (tertiary/aromatic N) is 1. The summed E-state index contributed by atoms with van der Waals surface area (Å²) in [5.74, 6) is -1.11. The molecule has 35 heavy (non-hydrogen) atoms. The van der Waals surface area contributed by atoms with Gasteiger partial charge in [-0.05, 0) is 41.8 Å². The molecular weight excluding hydrogens is 446 g/mol. The smallest absolute Gasteiger partial charge is 0.295 e. The fourth-order valence-electron chi connectivity index (χ4n) is 4.14. The predicted molar refractivity (Wildman–Crippen MR) is 131 cm³/mol. The number of aliphatic hydroxyl groups excluding tert-OH is 1. The van der Waals surface area contributed by atoms with E-state index in [-0.39, 0.29) is 29.4 Å². The van der Waals surface area contributed by atoms with E-state index in [1.54, 1.807) is 36.4 Å². The fourth-order valence-corrected chi connectivity index (χ4v) is 4.14. The number of carbonyl (C=O) groups is 2. The van der Waals surface area contributed by atoms with Gasteiger partial charge in [0.1, 0.15) is 11.5 Å². The Morgan fingerprint density at radius 2 is 1.77 bits per heavy atom. The minimum absolute atomic E-state index is 0.0358. The van der Waals surface area contributed by atoms with Crippen molar-refractivity contribution >= 4 is 17.4 Å².